The van der Waals surface area contributed by atoms with Crippen LogP contribution in [0.3, 0.4) is 0 Å². The number of halogens is 1. The van der Waals surface area contributed by atoms with Gasteiger partial charge >= 0.3 is 0 Å². The molecule has 0 saturated carbocycles. The summed E-state index contributed by atoms with van der Waals surface area (Å²) in [6, 6.07) is 17.3. The van der Waals surface area contributed by atoms with Gasteiger partial charge in [0, 0.05) is 10.7 Å². The number of aromatic nitrogens is 1. The van der Waals surface area contributed by atoms with E-state index in [2.05, 4.69) is 20.9 Å². The van der Waals surface area contributed by atoms with Gasteiger partial charge in [-0.25, -0.2) is 13.4 Å². The summed E-state index contributed by atoms with van der Waals surface area (Å²) in [7, 11) is 0.534. The molecule has 0 N–H and O–H groups in total. The first-order valence-corrected chi connectivity index (χ1v) is 13.2. The number of ether oxygens (including phenoxy) is 3. The smallest absolute Gasteiger partial charge is 0.295 e. The lowest BCUT2D eigenvalue weighted by molar-refractivity contribution is 0.0952. The van der Waals surface area contributed by atoms with Gasteiger partial charge in [-0.1, -0.05) is 22.0 Å². The lowest BCUT2D eigenvalue weighted by Gasteiger charge is -2.22. The molecule has 0 unspecified atom stereocenters. The van der Waals surface area contributed by atoms with Crippen LogP contribution in [0.15, 0.2) is 91.8 Å². The Bertz CT molecular complexity index is 1480. The van der Waals surface area contributed by atoms with Crippen molar-refractivity contribution in [2.75, 3.05) is 26.2 Å². The van der Waals surface area contributed by atoms with Crippen LogP contribution in [0, 0.1) is 0 Å². The van der Waals surface area contributed by atoms with E-state index in [0.29, 0.717) is 28.6 Å². The topological polar surface area (TPSA) is 108 Å². The fourth-order valence-corrected chi connectivity index (χ4v) is 5.06. The van der Waals surface area contributed by atoms with Crippen molar-refractivity contribution < 1.29 is 31.8 Å². The van der Waals surface area contributed by atoms with Crippen molar-refractivity contribution in [1.29, 1.82) is 0 Å². The van der Waals surface area contributed by atoms with Crippen LogP contribution in [0.2, 0.25) is 0 Å². The Balaban J connectivity index is 1.71. The summed E-state index contributed by atoms with van der Waals surface area (Å²) in [5.41, 5.74) is 0.655. The zero-order valence-electron chi connectivity index (χ0n) is 20.2. The molecule has 1 amide bonds. The minimum atomic E-state index is -3.96. The van der Waals surface area contributed by atoms with E-state index in [1.54, 1.807) is 48.7 Å². The molecule has 0 atom stereocenters. The monoisotopic (exact) mass is 586 g/mol. The molecule has 0 radical (unpaired) electrons. The van der Waals surface area contributed by atoms with E-state index in [4.69, 9.17) is 18.6 Å². The van der Waals surface area contributed by atoms with Crippen LogP contribution in [0.5, 0.6) is 17.2 Å². The normalized spacial score (nSPS) is 11.1. The second-order valence-corrected chi connectivity index (χ2v) is 10.5. The number of furan rings is 1. The third-order valence-electron chi connectivity index (χ3n) is 5.42. The fraction of sp³-hybridized carbons (Fsp3) is 0.154. The third-order valence-corrected chi connectivity index (χ3v) is 7.59. The lowest BCUT2D eigenvalue weighted by Crippen LogP contribution is -2.31. The predicted molar refractivity (Wildman–Crippen MR) is 139 cm³/mol. The highest BCUT2D eigenvalue weighted by molar-refractivity contribution is 9.10. The Hall–Kier alpha value is -3.83. The van der Waals surface area contributed by atoms with Gasteiger partial charge in [0.1, 0.15) is 5.82 Å². The molecule has 0 aliphatic rings. The molecule has 4 rings (SSSR count). The summed E-state index contributed by atoms with van der Waals surface area (Å²) in [6.07, 6.45) is 1.55. The Morgan fingerprint density at radius 2 is 1.62 bits per heavy atom. The maximum Gasteiger partial charge on any atom is 0.295 e. The van der Waals surface area contributed by atoms with Crippen LogP contribution in [-0.4, -0.2) is 40.6 Å². The molecule has 37 heavy (non-hydrogen) atoms. The highest BCUT2D eigenvalue weighted by Crippen LogP contribution is 2.39. The molecule has 0 saturated heterocycles. The number of hydrogen-bond acceptors (Lipinski definition) is 8. The number of nitrogens with zero attached hydrogens (tertiary/aromatic N) is 2. The lowest BCUT2D eigenvalue weighted by atomic mass is 10.1. The second-order valence-electron chi connectivity index (χ2n) is 7.69. The number of sulfone groups is 1. The van der Waals surface area contributed by atoms with Crippen LogP contribution in [0.25, 0.3) is 0 Å². The number of amides is 1. The van der Waals surface area contributed by atoms with Gasteiger partial charge in [-0.3, -0.25) is 9.69 Å². The van der Waals surface area contributed by atoms with Crippen molar-refractivity contribution in [3.63, 3.8) is 0 Å². The molecule has 9 nitrogen and oxygen atoms in total. The first kappa shape index (κ1) is 26.2. The average molecular weight is 587 g/mol. The van der Waals surface area contributed by atoms with Gasteiger partial charge in [0.25, 0.3) is 5.91 Å². The molecular formula is C26H23BrN2O7S. The quantitative estimate of drug-likeness (QED) is 0.265. The third kappa shape index (κ3) is 5.47. The van der Waals surface area contributed by atoms with E-state index < -0.39 is 15.7 Å². The molecule has 0 aliphatic carbocycles. The summed E-state index contributed by atoms with van der Waals surface area (Å²) in [5, 5.41) is -0.341. The number of methoxy groups -OCH3 is 3. The highest BCUT2D eigenvalue weighted by atomic mass is 79.9. The molecule has 11 heteroatoms. The van der Waals surface area contributed by atoms with Crippen molar-refractivity contribution in [2.45, 2.75) is 16.5 Å². The molecule has 0 fully saturated rings. The number of carbonyl (C=O) groups is 1. The summed E-state index contributed by atoms with van der Waals surface area (Å²) in [6.45, 7) is 0.0576. The van der Waals surface area contributed by atoms with Crippen molar-refractivity contribution in [2.24, 2.45) is 0 Å². The molecule has 0 spiro atoms. The highest BCUT2D eigenvalue weighted by Gasteiger charge is 2.27. The van der Waals surface area contributed by atoms with Crippen molar-refractivity contribution >= 4 is 37.5 Å². The summed E-state index contributed by atoms with van der Waals surface area (Å²) in [5.74, 6) is 0.865. The zero-order chi connectivity index (χ0) is 26.6. The molecular weight excluding hydrogens is 564 g/mol. The molecule has 192 valence electrons. The van der Waals surface area contributed by atoms with Crippen LogP contribution in [0.1, 0.15) is 16.1 Å². The maximum absolute atomic E-state index is 13.6. The summed E-state index contributed by atoms with van der Waals surface area (Å²) < 4.78 is 48.6. The van der Waals surface area contributed by atoms with Crippen molar-refractivity contribution in [3.05, 3.63) is 88.7 Å². The minimum absolute atomic E-state index is 0.0445. The molecule has 2 heterocycles. The molecule has 2 aromatic carbocycles. The number of pyridine rings is 1. The number of anilines is 1. The SMILES string of the molecule is COc1cc(CN(C(=O)c2ccc(S(=O)(=O)c3ccc(Br)cc3)o2)c2ccccn2)cc(OC)c1OC. The number of hydrogen-bond donors (Lipinski definition) is 0. The van der Waals surface area contributed by atoms with Crippen LogP contribution in [0.4, 0.5) is 5.82 Å². The van der Waals surface area contributed by atoms with E-state index in [9.17, 15) is 13.2 Å². The van der Waals surface area contributed by atoms with Gasteiger partial charge in [-0.2, -0.15) is 0 Å². The van der Waals surface area contributed by atoms with Crippen molar-refractivity contribution in [1.82, 2.24) is 4.98 Å². The van der Waals surface area contributed by atoms with Gasteiger partial charge in [0.2, 0.25) is 20.7 Å². The predicted octanol–water partition coefficient (Wildman–Crippen LogP) is 5.14. The molecule has 0 bridgehead atoms. The Kier molecular flexibility index (Phi) is 7.84. The van der Waals surface area contributed by atoms with E-state index in [1.807, 2.05) is 0 Å². The van der Waals surface area contributed by atoms with Crippen LogP contribution < -0.4 is 19.1 Å². The first-order valence-electron chi connectivity index (χ1n) is 10.9. The minimum Gasteiger partial charge on any atom is -0.493 e. The largest absolute Gasteiger partial charge is 0.493 e. The maximum atomic E-state index is 13.6. The Morgan fingerprint density at radius 1 is 0.946 bits per heavy atom. The van der Waals surface area contributed by atoms with Gasteiger partial charge in [-0.15, -0.1) is 0 Å². The van der Waals surface area contributed by atoms with E-state index in [-0.39, 0.29) is 22.3 Å². The Labute approximate surface area is 222 Å². The average Bonchev–Trinajstić information content (AvgIpc) is 3.43. The summed E-state index contributed by atoms with van der Waals surface area (Å²) >= 11 is 3.29. The number of rotatable bonds is 9. The van der Waals surface area contributed by atoms with Crippen LogP contribution >= 0.6 is 15.9 Å². The Morgan fingerprint density at radius 3 is 2.19 bits per heavy atom. The van der Waals surface area contributed by atoms with Gasteiger partial charge < -0.3 is 18.6 Å². The number of carbonyl (C=O) groups excluding carboxylic acids is 1. The van der Waals surface area contributed by atoms with E-state index in [1.165, 1.54) is 50.5 Å². The summed E-state index contributed by atoms with van der Waals surface area (Å²) in [4.78, 5) is 19.3. The molecule has 2 aromatic heterocycles. The van der Waals surface area contributed by atoms with E-state index in [0.717, 1.165) is 4.47 Å². The van der Waals surface area contributed by atoms with Crippen molar-refractivity contribution in [3.8, 4) is 17.2 Å². The van der Waals surface area contributed by atoms with E-state index >= 15 is 0 Å². The zero-order valence-corrected chi connectivity index (χ0v) is 22.6. The molecule has 4 aromatic rings. The van der Waals surface area contributed by atoms with Gasteiger partial charge in [0.15, 0.2) is 17.3 Å². The standard InChI is InChI=1S/C26H23BrN2O7S/c1-33-21-14-17(15-22(34-2)25(21)35-3)16-29(23-6-4-5-13-28-23)26(30)20-11-12-24(36-20)37(31,32)19-9-7-18(27)8-10-19/h4-15H,16H2,1-3H3. The van der Waals surface area contributed by atoms with Gasteiger partial charge in [-0.05, 0) is 66.2 Å². The molecule has 0 aliphatic heterocycles. The first-order chi connectivity index (χ1) is 17.8. The fourth-order valence-electron chi connectivity index (χ4n) is 3.62. The number of benzene rings is 2. The second kappa shape index (κ2) is 11.1. The van der Waals surface area contributed by atoms with Crippen LogP contribution in [-0.2, 0) is 16.4 Å². The van der Waals surface area contributed by atoms with Gasteiger partial charge in [0.05, 0.1) is 32.8 Å².